The molecule has 0 aliphatic rings. The van der Waals surface area contributed by atoms with Crippen LogP contribution in [-0.4, -0.2) is 16.8 Å². The van der Waals surface area contributed by atoms with Crippen LogP contribution >= 0.6 is 15.9 Å². The number of aromatic nitrogens is 2. The predicted molar refractivity (Wildman–Crippen MR) is 70.6 cm³/mol. The highest BCUT2D eigenvalue weighted by atomic mass is 79.9. The molecule has 1 aromatic carbocycles. The van der Waals surface area contributed by atoms with Crippen molar-refractivity contribution < 1.29 is 0 Å². The van der Waals surface area contributed by atoms with Gasteiger partial charge in [-0.2, -0.15) is 5.10 Å². The average Bonchev–Trinajstić information content (AvgIpc) is 2.58. The minimum atomic E-state index is 0.384. The molecular formula is C12H16BrN3. The van der Waals surface area contributed by atoms with Gasteiger partial charge in [-0.25, -0.2) is 0 Å². The van der Waals surface area contributed by atoms with Crippen LogP contribution in [0, 0.1) is 0 Å². The smallest absolute Gasteiger partial charge is 0.0927 e. The Kier molecular flexibility index (Phi) is 3.30. The van der Waals surface area contributed by atoms with Crippen molar-refractivity contribution >= 4 is 26.8 Å². The Morgan fingerprint density at radius 1 is 1.44 bits per heavy atom. The summed E-state index contributed by atoms with van der Waals surface area (Å²) < 4.78 is 3.19. The van der Waals surface area contributed by atoms with Crippen LogP contribution in [-0.2, 0) is 6.54 Å². The number of hydrogen-bond acceptors (Lipinski definition) is 2. The molecule has 3 nitrogen and oxygen atoms in total. The molecule has 86 valence electrons. The Bertz CT molecular complexity index is 502. The van der Waals surface area contributed by atoms with E-state index < -0.39 is 0 Å². The molecule has 0 spiro atoms. The van der Waals surface area contributed by atoms with Gasteiger partial charge >= 0.3 is 0 Å². The van der Waals surface area contributed by atoms with E-state index in [1.54, 1.807) is 0 Å². The van der Waals surface area contributed by atoms with Crippen LogP contribution in [0.25, 0.3) is 10.9 Å². The van der Waals surface area contributed by atoms with Gasteiger partial charge in [-0.3, -0.25) is 4.68 Å². The van der Waals surface area contributed by atoms with E-state index in [4.69, 9.17) is 0 Å². The van der Waals surface area contributed by atoms with E-state index in [1.807, 2.05) is 13.1 Å². The molecule has 0 aliphatic carbocycles. The highest BCUT2D eigenvalue weighted by Crippen LogP contribution is 2.24. The normalized spacial score (nSPS) is 11.6. The quantitative estimate of drug-likeness (QED) is 0.937. The average molecular weight is 282 g/mol. The third-order valence-electron chi connectivity index (χ3n) is 2.59. The standard InChI is InChI=1S/C12H16BrN3/c1-8(2)16-12(7-14-3)10-6-9(13)4-5-11(10)15-16/h4-6,8,14H,7H2,1-3H3. The summed E-state index contributed by atoms with van der Waals surface area (Å²) in [4.78, 5) is 0. The summed E-state index contributed by atoms with van der Waals surface area (Å²) in [7, 11) is 1.96. The molecule has 1 N–H and O–H groups in total. The number of halogens is 1. The van der Waals surface area contributed by atoms with E-state index in [0.29, 0.717) is 6.04 Å². The lowest BCUT2D eigenvalue weighted by molar-refractivity contribution is 0.507. The number of fused-ring (bicyclic) bond motifs is 1. The molecule has 2 aromatic rings. The van der Waals surface area contributed by atoms with Crippen LogP contribution < -0.4 is 5.32 Å². The lowest BCUT2D eigenvalue weighted by Gasteiger charge is -2.10. The molecule has 0 atom stereocenters. The van der Waals surface area contributed by atoms with Gasteiger partial charge in [0.15, 0.2) is 0 Å². The first-order valence-electron chi connectivity index (χ1n) is 5.44. The minimum absolute atomic E-state index is 0.384. The summed E-state index contributed by atoms with van der Waals surface area (Å²) in [5.74, 6) is 0. The lowest BCUT2D eigenvalue weighted by Crippen LogP contribution is -2.13. The summed E-state index contributed by atoms with van der Waals surface area (Å²) in [6, 6.07) is 6.60. The maximum absolute atomic E-state index is 4.63. The Labute approximate surface area is 104 Å². The molecule has 16 heavy (non-hydrogen) atoms. The fourth-order valence-corrected chi connectivity index (χ4v) is 2.26. The highest BCUT2D eigenvalue weighted by Gasteiger charge is 2.12. The molecule has 4 heteroatoms. The number of nitrogens with zero attached hydrogens (tertiary/aromatic N) is 2. The first kappa shape index (κ1) is 11.6. The van der Waals surface area contributed by atoms with Gasteiger partial charge in [-0.1, -0.05) is 15.9 Å². The maximum Gasteiger partial charge on any atom is 0.0927 e. The van der Waals surface area contributed by atoms with Crippen LogP contribution in [0.2, 0.25) is 0 Å². The molecule has 1 heterocycles. The Hall–Kier alpha value is -0.870. The molecule has 1 aromatic heterocycles. The fourth-order valence-electron chi connectivity index (χ4n) is 1.90. The topological polar surface area (TPSA) is 29.9 Å². The second-order valence-corrected chi connectivity index (χ2v) is 5.09. The summed E-state index contributed by atoms with van der Waals surface area (Å²) in [5.41, 5.74) is 2.30. The van der Waals surface area contributed by atoms with Gasteiger partial charge in [0.05, 0.1) is 11.2 Å². The maximum atomic E-state index is 4.63. The van der Waals surface area contributed by atoms with Crippen LogP contribution in [0.4, 0.5) is 0 Å². The summed E-state index contributed by atoms with van der Waals surface area (Å²) in [6.07, 6.45) is 0. The van der Waals surface area contributed by atoms with Crippen LogP contribution in [0.15, 0.2) is 22.7 Å². The Morgan fingerprint density at radius 3 is 2.81 bits per heavy atom. The summed E-state index contributed by atoms with van der Waals surface area (Å²) >= 11 is 3.51. The van der Waals surface area contributed by atoms with Gasteiger partial charge < -0.3 is 5.32 Å². The third-order valence-corrected chi connectivity index (χ3v) is 3.09. The van der Waals surface area contributed by atoms with Gasteiger partial charge in [-0.05, 0) is 39.1 Å². The van der Waals surface area contributed by atoms with Gasteiger partial charge in [0.25, 0.3) is 0 Å². The number of nitrogens with one attached hydrogen (secondary N) is 1. The van der Waals surface area contributed by atoms with Crippen molar-refractivity contribution in [3.8, 4) is 0 Å². The fraction of sp³-hybridized carbons (Fsp3) is 0.417. The third kappa shape index (κ3) is 1.99. The molecule has 0 aliphatic heterocycles. The van der Waals surface area contributed by atoms with Gasteiger partial charge in [0.2, 0.25) is 0 Å². The zero-order chi connectivity index (χ0) is 11.7. The molecule has 0 saturated carbocycles. The van der Waals surface area contributed by atoms with Gasteiger partial charge in [0.1, 0.15) is 0 Å². The van der Waals surface area contributed by atoms with Crippen LogP contribution in [0.5, 0.6) is 0 Å². The summed E-state index contributed by atoms with van der Waals surface area (Å²) in [5, 5.41) is 9.05. The van der Waals surface area contributed by atoms with E-state index in [9.17, 15) is 0 Å². The number of benzene rings is 1. The minimum Gasteiger partial charge on any atom is -0.314 e. The van der Waals surface area contributed by atoms with E-state index in [2.05, 4.69) is 57.0 Å². The molecule has 0 bridgehead atoms. The van der Waals surface area contributed by atoms with Crippen molar-refractivity contribution in [2.24, 2.45) is 0 Å². The van der Waals surface area contributed by atoms with E-state index in [-0.39, 0.29) is 0 Å². The second-order valence-electron chi connectivity index (χ2n) is 4.18. The largest absolute Gasteiger partial charge is 0.314 e. The first-order valence-corrected chi connectivity index (χ1v) is 6.24. The first-order chi connectivity index (χ1) is 7.63. The van der Waals surface area contributed by atoms with Crippen LogP contribution in [0.1, 0.15) is 25.6 Å². The van der Waals surface area contributed by atoms with Crippen molar-refractivity contribution in [2.45, 2.75) is 26.4 Å². The Morgan fingerprint density at radius 2 is 2.19 bits per heavy atom. The predicted octanol–water partition coefficient (Wildman–Crippen LogP) is 3.10. The van der Waals surface area contributed by atoms with E-state index in [0.717, 1.165) is 16.5 Å². The molecule has 0 fully saturated rings. The van der Waals surface area contributed by atoms with Gasteiger partial charge in [0, 0.05) is 22.4 Å². The number of rotatable bonds is 3. The molecular weight excluding hydrogens is 266 g/mol. The lowest BCUT2D eigenvalue weighted by atomic mass is 10.2. The molecule has 0 unspecified atom stereocenters. The number of hydrogen-bond donors (Lipinski definition) is 1. The molecule has 0 amide bonds. The highest BCUT2D eigenvalue weighted by molar-refractivity contribution is 9.10. The second kappa shape index (κ2) is 4.55. The van der Waals surface area contributed by atoms with E-state index in [1.165, 1.54) is 11.1 Å². The van der Waals surface area contributed by atoms with Crippen molar-refractivity contribution in [1.82, 2.24) is 15.1 Å². The van der Waals surface area contributed by atoms with Crippen LogP contribution in [0.3, 0.4) is 0 Å². The zero-order valence-electron chi connectivity index (χ0n) is 9.79. The monoisotopic (exact) mass is 281 g/mol. The Balaban J connectivity index is 2.67. The molecule has 0 radical (unpaired) electrons. The van der Waals surface area contributed by atoms with Crippen molar-refractivity contribution in [3.05, 3.63) is 28.4 Å². The van der Waals surface area contributed by atoms with Crippen molar-refractivity contribution in [1.29, 1.82) is 0 Å². The van der Waals surface area contributed by atoms with Gasteiger partial charge in [-0.15, -0.1) is 0 Å². The van der Waals surface area contributed by atoms with E-state index >= 15 is 0 Å². The van der Waals surface area contributed by atoms with Crippen molar-refractivity contribution in [2.75, 3.05) is 7.05 Å². The molecule has 0 saturated heterocycles. The zero-order valence-corrected chi connectivity index (χ0v) is 11.4. The van der Waals surface area contributed by atoms with Crippen molar-refractivity contribution in [3.63, 3.8) is 0 Å². The summed E-state index contributed by atoms with van der Waals surface area (Å²) in [6.45, 7) is 5.14. The molecule has 2 rings (SSSR count). The SMILES string of the molecule is CNCc1c2cc(Br)ccc2nn1C(C)C.